The van der Waals surface area contributed by atoms with E-state index in [1.54, 1.807) is 31.2 Å². The summed E-state index contributed by atoms with van der Waals surface area (Å²) in [7, 11) is 3.42. The van der Waals surface area contributed by atoms with Crippen molar-refractivity contribution in [3.05, 3.63) is 18.0 Å². The van der Waals surface area contributed by atoms with Crippen molar-refractivity contribution in [2.45, 2.75) is 83.8 Å². The first-order chi connectivity index (χ1) is 15.6. The highest BCUT2D eigenvalue weighted by atomic mass is 19.1. The Balaban J connectivity index is 1.30. The van der Waals surface area contributed by atoms with Gasteiger partial charge in [0.1, 0.15) is 5.67 Å². The van der Waals surface area contributed by atoms with Gasteiger partial charge in [-0.15, -0.1) is 0 Å². The number of fused-ring (bicyclic) bond motifs is 5. The van der Waals surface area contributed by atoms with Crippen molar-refractivity contribution >= 4 is 11.7 Å². The fraction of sp³-hybridized carbons (Fsp3) is 0.815. The third-order valence-corrected chi connectivity index (χ3v) is 10.3. The minimum absolute atomic E-state index is 0.0142. The molecule has 4 fully saturated rings. The van der Waals surface area contributed by atoms with Crippen molar-refractivity contribution in [2.75, 3.05) is 14.1 Å². The second-order valence-electron chi connectivity index (χ2n) is 12.2. The van der Waals surface area contributed by atoms with Gasteiger partial charge in [-0.1, -0.05) is 13.8 Å². The molecule has 5 nitrogen and oxygen atoms in total. The van der Waals surface area contributed by atoms with Crippen molar-refractivity contribution in [3.8, 4) is 0 Å². The number of hydrogen-bond acceptors (Lipinski definition) is 3. The molecule has 2 unspecified atom stereocenters. The van der Waals surface area contributed by atoms with Crippen LogP contribution < -0.4 is 0 Å². The average Bonchev–Trinajstić information content (AvgIpc) is 3.37. The van der Waals surface area contributed by atoms with E-state index in [0.29, 0.717) is 23.3 Å². The van der Waals surface area contributed by atoms with Crippen molar-refractivity contribution in [1.29, 1.82) is 0 Å². The highest BCUT2D eigenvalue weighted by molar-refractivity contribution is 5.93. The number of hydrogen-bond donors (Lipinski definition) is 0. The zero-order valence-electron chi connectivity index (χ0n) is 20.7. The second kappa shape index (κ2) is 8.20. The van der Waals surface area contributed by atoms with E-state index in [9.17, 15) is 9.59 Å². The molecule has 0 radical (unpaired) electrons. The van der Waals surface area contributed by atoms with E-state index < -0.39 is 5.67 Å². The molecule has 6 heteroatoms. The van der Waals surface area contributed by atoms with Crippen LogP contribution in [0.1, 0.15) is 82.0 Å². The maximum absolute atomic E-state index is 16.5. The van der Waals surface area contributed by atoms with Crippen molar-refractivity contribution in [2.24, 2.45) is 40.9 Å². The number of alkyl halides is 1. The highest BCUT2D eigenvalue weighted by Gasteiger charge is 2.62. The van der Waals surface area contributed by atoms with Crippen LogP contribution >= 0.6 is 0 Å². The zero-order valence-corrected chi connectivity index (χ0v) is 20.7. The number of aromatic nitrogens is 2. The molecule has 0 N–H and O–H groups in total. The van der Waals surface area contributed by atoms with E-state index in [2.05, 4.69) is 18.9 Å². The van der Waals surface area contributed by atoms with E-state index in [1.807, 2.05) is 0 Å². The molecule has 1 amide bonds. The largest absolute Gasteiger partial charge is 0.345 e. The third kappa shape index (κ3) is 3.67. The van der Waals surface area contributed by atoms with Gasteiger partial charge in [-0.25, -0.2) is 4.39 Å². The molecule has 1 heterocycles. The van der Waals surface area contributed by atoms with Crippen LogP contribution in [0.15, 0.2) is 12.4 Å². The van der Waals surface area contributed by atoms with Crippen LogP contribution in [0, 0.1) is 40.9 Å². The summed E-state index contributed by atoms with van der Waals surface area (Å²) < 4.78 is 18.1. The summed E-state index contributed by atoms with van der Waals surface area (Å²) >= 11 is 0. The van der Waals surface area contributed by atoms with Gasteiger partial charge < -0.3 is 4.90 Å². The first-order valence-electron chi connectivity index (χ1n) is 13.1. The number of carbonyl (C=O) groups is 2. The fourth-order valence-electron chi connectivity index (χ4n) is 8.61. The van der Waals surface area contributed by atoms with E-state index in [-0.39, 0.29) is 41.4 Å². The number of nitrogens with zero attached hydrogens (tertiary/aromatic N) is 3. The number of ketones is 1. The molecule has 182 valence electrons. The second-order valence-corrected chi connectivity index (χ2v) is 12.2. The van der Waals surface area contributed by atoms with Crippen LogP contribution in [-0.2, 0) is 11.3 Å². The Morgan fingerprint density at radius 2 is 1.91 bits per heavy atom. The van der Waals surface area contributed by atoms with Gasteiger partial charge >= 0.3 is 0 Å². The predicted octanol–water partition coefficient (Wildman–Crippen LogP) is 5.15. The van der Waals surface area contributed by atoms with Crippen LogP contribution in [0.4, 0.5) is 4.39 Å². The van der Waals surface area contributed by atoms with Gasteiger partial charge in [-0.3, -0.25) is 14.3 Å². The Bertz CT molecular complexity index is 928. The number of amides is 1. The number of halogens is 1. The van der Waals surface area contributed by atoms with Gasteiger partial charge in [0.2, 0.25) is 0 Å². The van der Waals surface area contributed by atoms with Crippen molar-refractivity contribution < 1.29 is 14.0 Å². The van der Waals surface area contributed by atoms with Crippen molar-refractivity contribution in [1.82, 2.24) is 14.7 Å². The Hall–Kier alpha value is -1.72. The fourth-order valence-corrected chi connectivity index (χ4v) is 8.61. The monoisotopic (exact) mass is 457 g/mol. The Labute approximate surface area is 197 Å². The number of Topliss-reactive ketones (excluding diaryl/α,β-unsaturated/α-hetero) is 1. The molecular formula is C27H40FN3O2. The highest BCUT2D eigenvalue weighted by Crippen LogP contribution is 2.66. The minimum Gasteiger partial charge on any atom is -0.345 e. The van der Waals surface area contributed by atoms with Crippen LogP contribution in [0.25, 0.3) is 0 Å². The molecule has 0 aromatic carbocycles. The molecular weight excluding hydrogens is 417 g/mol. The lowest BCUT2D eigenvalue weighted by atomic mass is 9.48. The van der Waals surface area contributed by atoms with Crippen LogP contribution in [0.5, 0.6) is 0 Å². The lowest BCUT2D eigenvalue weighted by molar-refractivity contribution is -0.146. The smallest absolute Gasteiger partial charge is 0.256 e. The molecule has 5 rings (SSSR count). The Kier molecular flexibility index (Phi) is 5.72. The minimum atomic E-state index is -0.969. The lowest BCUT2D eigenvalue weighted by Crippen LogP contribution is -2.56. The third-order valence-electron chi connectivity index (χ3n) is 10.3. The molecule has 8 atom stereocenters. The summed E-state index contributed by atoms with van der Waals surface area (Å²) in [5, 5.41) is 4.28. The van der Waals surface area contributed by atoms with Gasteiger partial charge in [0.25, 0.3) is 5.91 Å². The molecule has 0 saturated heterocycles. The van der Waals surface area contributed by atoms with Crippen LogP contribution in [0.2, 0.25) is 0 Å². The summed E-state index contributed by atoms with van der Waals surface area (Å²) in [5.74, 6) is 2.14. The van der Waals surface area contributed by atoms with Gasteiger partial charge in [0, 0.05) is 26.2 Å². The van der Waals surface area contributed by atoms with E-state index >= 15 is 4.39 Å². The molecule has 33 heavy (non-hydrogen) atoms. The van der Waals surface area contributed by atoms with Gasteiger partial charge in [-0.05, 0) is 92.8 Å². The van der Waals surface area contributed by atoms with E-state index in [0.717, 1.165) is 57.8 Å². The molecule has 0 spiro atoms. The van der Waals surface area contributed by atoms with Gasteiger partial charge in [0.15, 0.2) is 5.78 Å². The predicted molar refractivity (Wildman–Crippen MR) is 125 cm³/mol. The summed E-state index contributed by atoms with van der Waals surface area (Å²) in [6.07, 6.45) is 12.1. The molecule has 1 aromatic heterocycles. The Morgan fingerprint density at radius 1 is 1.12 bits per heavy atom. The molecule has 4 aliphatic carbocycles. The van der Waals surface area contributed by atoms with Crippen LogP contribution in [-0.4, -0.2) is 46.1 Å². The normalized spacial score (nSPS) is 42.2. The number of rotatable bonds is 4. The molecule has 0 aliphatic heterocycles. The van der Waals surface area contributed by atoms with E-state index in [1.165, 1.54) is 4.90 Å². The standard InChI is InChI=1S/C27H40FN3O2/c1-17-9-12-27(28)19(13-17)5-6-20-21-7-8-23(26(21,2)11-10-22(20)27)24(32)16-31-15-18(14-29-31)25(33)30(3)4/h14-15,17,19-23H,5-13,16H2,1-4H3/t17-,19+,20-,21?,22?,23+,26-,27+/m0/s1. The Morgan fingerprint density at radius 3 is 2.67 bits per heavy atom. The summed E-state index contributed by atoms with van der Waals surface area (Å²) in [4.78, 5) is 27.1. The van der Waals surface area contributed by atoms with Gasteiger partial charge in [0.05, 0.1) is 18.3 Å². The van der Waals surface area contributed by atoms with E-state index in [4.69, 9.17) is 0 Å². The molecule has 1 aromatic rings. The average molecular weight is 458 g/mol. The quantitative estimate of drug-likeness (QED) is 0.628. The number of carbonyl (C=O) groups excluding carboxylic acids is 2. The summed E-state index contributed by atoms with van der Waals surface area (Å²) in [6.45, 7) is 4.82. The topological polar surface area (TPSA) is 55.2 Å². The SMILES string of the molecule is C[C@H]1CC[C@]2(F)C3CC[C@@]4(C)C(CC[C@@H]4C(=O)Cn4cc(C(=O)N(C)C)cn4)[C@@H]3CC[C@@H]2C1. The summed E-state index contributed by atoms with van der Waals surface area (Å²) in [5.41, 5.74) is -0.488. The first-order valence-corrected chi connectivity index (χ1v) is 13.1. The van der Waals surface area contributed by atoms with Crippen molar-refractivity contribution in [3.63, 3.8) is 0 Å². The first kappa shape index (κ1) is 23.0. The molecule has 4 aliphatic rings. The lowest BCUT2D eigenvalue weighted by Gasteiger charge is -2.58. The maximum Gasteiger partial charge on any atom is 0.256 e. The molecule has 4 saturated carbocycles. The zero-order chi connectivity index (χ0) is 23.5. The van der Waals surface area contributed by atoms with Crippen LogP contribution in [0.3, 0.4) is 0 Å². The summed E-state index contributed by atoms with van der Waals surface area (Å²) in [6, 6.07) is 0. The van der Waals surface area contributed by atoms with Gasteiger partial charge in [-0.2, -0.15) is 5.10 Å². The molecule has 0 bridgehead atoms. The maximum atomic E-state index is 16.5.